The topological polar surface area (TPSA) is 62.9 Å². The number of benzene rings is 1. The van der Waals surface area contributed by atoms with Gasteiger partial charge in [-0.2, -0.15) is 0 Å². The first-order valence-corrected chi connectivity index (χ1v) is 6.32. The van der Waals surface area contributed by atoms with Gasteiger partial charge >= 0.3 is 0 Å². The summed E-state index contributed by atoms with van der Waals surface area (Å²) < 4.78 is 21.1. The predicted octanol–water partition coefficient (Wildman–Crippen LogP) is 1.76. The highest BCUT2D eigenvalue weighted by Gasteiger charge is 2.09. The Balaban J connectivity index is 2.50. The fraction of sp³-hybridized carbons (Fsp3) is 0.571. The van der Waals surface area contributed by atoms with E-state index in [1.54, 1.807) is 14.2 Å². The molecule has 5 nitrogen and oxygen atoms in total. The summed E-state index contributed by atoms with van der Waals surface area (Å²) in [4.78, 5) is 0. The van der Waals surface area contributed by atoms with Gasteiger partial charge in [0.05, 0.1) is 26.9 Å². The number of hydrogen-bond acceptors (Lipinski definition) is 5. The van der Waals surface area contributed by atoms with Crippen molar-refractivity contribution < 1.29 is 18.9 Å². The lowest BCUT2D eigenvalue weighted by Gasteiger charge is -2.15. The molecule has 0 aliphatic carbocycles. The molecule has 0 aromatic heterocycles. The highest BCUT2D eigenvalue weighted by atomic mass is 16.5. The van der Waals surface area contributed by atoms with E-state index in [9.17, 15) is 0 Å². The van der Waals surface area contributed by atoms with Crippen LogP contribution in [-0.2, 0) is 9.47 Å². The predicted molar refractivity (Wildman–Crippen MR) is 73.8 cm³/mol. The zero-order chi connectivity index (χ0) is 14.1. The minimum absolute atomic E-state index is 0.0877. The zero-order valence-corrected chi connectivity index (χ0v) is 11.8. The standard InChI is InChI=1S/C14H23NO4/c1-11(15)13-5-4-12(17-3)10-14(13)19-9-8-18-7-6-16-2/h4-5,10-11H,6-9,15H2,1-3H3/t11-/m1/s1. The van der Waals surface area contributed by atoms with Crippen LogP contribution >= 0.6 is 0 Å². The maximum atomic E-state index is 5.91. The van der Waals surface area contributed by atoms with Crippen LogP contribution < -0.4 is 15.2 Å². The Bertz CT molecular complexity index is 368. The molecule has 5 heteroatoms. The summed E-state index contributed by atoms with van der Waals surface area (Å²) in [7, 11) is 3.27. The van der Waals surface area contributed by atoms with E-state index in [4.69, 9.17) is 24.7 Å². The molecule has 0 fully saturated rings. The number of hydrogen-bond donors (Lipinski definition) is 1. The van der Waals surface area contributed by atoms with Crippen molar-refractivity contribution in [3.05, 3.63) is 23.8 Å². The molecule has 1 rings (SSSR count). The van der Waals surface area contributed by atoms with E-state index in [1.807, 2.05) is 25.1 Å². The van der Waals surface area contributed by atoms with Gasteiger partial charge in [-0.15, -0.1) is 0 Å². The second kappa shape index (κ2) is 8.74. The van der Waals surface area contributed by atoms with E-state index in [2.05, 4.69) is 0 Å². The van der Waals surface area contributed by atoms with Crippen molar-refractivity contribution in [1.82, 2.24) is 0 Å². The third-order valence-electron chi connectivity index (χ3n) is 2.63. The first-order chi connectivity index (χ1) is 9.19. The first kappa shape index (κ1) is 15.8. The molecule has 0 aliphatic rings. The quantitative estimate of drug-likeness (QED) is 0.692. The van der Waals surface area contributed by atoms with Gasteiger partial charge in [0.2, 0.25) is 0 Å². The van der Waals surface area contributed by atoms with Crippen molar-refractivity contribution in [3.8, 4) is 11.5 Å². The smallest absolute Gasteiger partial charge is 0.127 e. The van der Waals surface area contributed by atoms with Gasteiger partial charge in [0.1, 0.15) is 18.1 Å². The van der Waals surface area contributed by atoms with Gasteiger partial charge in [-0.1, -0.05) is 6.07 Å². The van der Waals surface area contributed by atoms with Crippen LogP contribution in [0.4, 0.5) is 0 Å². The maximum Gasteiger partial charge on any atom is 0.127 e. The van der Waals surface area contributed by atoms with Crippen LogP contribution in [0.2, 0.25) is 0 Å². The molecule has 1 aromatic rings. The SMILES string of the molecule is COCCOCCOc1cc(OC)ccc1[C@@H](C)N. The lowest BCUT2D eigenvalue weighted by atomic mass is 10.1. The van der Waals surface area contributed by atoms with Crippen molar-refractivity contribution in [2.45, 2.75) is 13.0 Å². The molecule has 1 aromatic carbocycles. The molecule has 0 radical (unpaired) electrons. The van der Waals surface area contributed by atoms with E-state index in [0.29, 0.717) is 26.4 Å². The average Bonchev–Trinajstić information content (AvgIpc) is 2.42. The molecular formula is C14H23NO4. The van der Waals surface area contributed by atoms with E-state index in [0.717, 1.165) is 17.1 Å². The summed E-state index contributed by atoms with van der Waals surface area (Å²) in [6.07, 6.45) is 0. The Labute approximate surface area is 114 Å². The molecule has 0 saturated carbocycles. The second-order valence-electron chi connectivity index (χ2n) is 4.15. The van der Waals surface area contributed by atoms with Crippen molar-refractivity contribution in [1.29, 1.82) is 0 Å². The van der Waals surface area contributed by atoms with Gasteiger partial charge in [0.25, 0.3) is 0 Å². The van der Waals surface area contributed by atoms with Gasteiger partial charge in [0, 0.05) is 24.8 Å². The number of methoxy groups -OCH3 is 2. The van der Waals surface area contributed by atoms with Gasteiger partial charge in [-0.05, 0) is 13.0 Å². The van der Waals surface area contributed by atoms with Crippen LogP contribution in [-0.4, -0.2) is 40.6 Å². The fourth-order valence-electron chi connectivity index (χ4n) is 1.60. The summed E-state index contributed by atoms with van der Waals surface area (Å²) in [5.41, 5.74) is 6.86. The van der Waals surface area contributed by atoms with Crippen molar-refractivity contribution in [2.24, 2.45) is 5.73 Å². The highest BCUT2D eigenvalue weighted by molar-refractivity contribution is 5.42. The Morgan fingerprint density at radius 1 is 1.11 bits per heavy atom. The summed E-state index contributed by atoms with van der Waals surface area (Å²) in [6, 6.07) is 5.55. The van der Waals surface area contributed by atoms with Crippen molar-refractivity contribution in [2.75, 3.05) is 40.6 Å². The van der Waals surface area contributed by atoms with E-state index in [-0.39, 0.29) is 6.04 Å². The molecule has 1 atom stereocenters. The Hall–Kier alpha value is -1.30. The van der Waals surface area contributed by atoms with Gasteiger partial charge in [-0.25, -0.2) is 0 Å². The number of rotatable bonds is 9. The largest absolute Gasteiger partial charge is 0.497 e. The molecule has 2 N–H and O–H groups in total. The Morgan fingerprint density at radius 3 is 2.47 bits per heavy atom. The molecule has 0 bridgehead atoms. The van der Waals surface area contributed by atoms with Crippen LogP contribution in [0, 0.1) is 0 Å². The summed E-state index contributed by atoms with van der Waals surface area (Å²) in [5, 5.41) is 0. The van der Waals surface area contributed by atoms with Crippen molar-refractivity contribution in [3.63, 3.8) is 0 Å². The zero-order valence-electron chi connectivity index (χ0n) is 11.8. The molecule has 0 aliphatic heterocycles. The first-order valence-electron chi connectivity index (χ1n) is 6.32. The van der Waals surface area contributed by atoms with Crippen LogP contribution in [0.15, 0.2) is 18.2 Å². The summed E-state index contributed by atoms with van der Waals surface area (Å²) >= 11 is 0. The summed E-state index contributed by atoms with van der Waals surface area (Å²) in [5.74, 6) is 1.49. The Morgan fingerprint density at radius 2 is 1.84 bits per heavy atom. The maximum absolute atomic E-state index is 5.91. The lowest BCUT2D eigenvalue weighted by molar-refractivity contribution is 0.0542. The molecule has 108 valence electrons. The normalized spacial score (nSPS) is 12.2. The minimum Gasteiger partial charge on any atom is -0.497 e. The van der Waals surface area contributed by atoms with E-state index in [1.165, 1.54) is 0 Å². The third kappa shape index (κ3) is 5.46. The monoisotopic (exact) mass is 269 g/mol. The molecule has 0 spiro atoms. The number of ether oxygens (including phenoxy) is 4. The fourth-order valence-corrected chi connectivity index (χ4v) is 1.60. The molecule has 0 unspecified atom stereocenters. The van der Waals surface area contributed by atoms with E-state index >= 15 is 0 Å². The molecular weight excluding hydrogens is 246 g/mol. The third-order valence-corrected chi connectivity index (χ3v) is 2.63. The average molecular weight is 269 g/mol. The van der Waals surface area contributed by atoms with Crippen LogP contribution in [0.5, 0.6) is 11.5 Å². The summed E-state index contributed by atoms with van der Waals surface area (Å²) in [6.45, 7) is 4.06. The van der Waals surface area contributed by atoms with Gasteiger partial charge in [-0.3, -0.25) is 0 Å². The van der Waals surface area contributed by atoms with Gasteiger partial charge < -0.3 is 24.7 Å². The molecule has 0 amide bonds. The minimum atomic E-state index is -0.0877. The number of nitrogens with two attached hydrogens (primary N) is 1. The lowest BCUT2D eigenvalue weighted by Crippen LogP contribution is -2.13. The molecule has 19 heavy (non-hydrogen) atoms. The highest BCUT2D eigenvalue weighted by Crippen LogP contribution is 2.28. The van der Waals surface area contributed by atoms with Crippen molar-refractivity contribution >= 4 is 0 Å². The Kier molecular flexibility index (Phi) is 7.25. The molecule has 0 heterocycles. The molecule has 0 saturated heterocycles. The van der Waals surface area contributed by atoms with Crippen LogP contribution in [0.1, 0.15) is 18.5 Å². The van der Waals surface area contributed by atoms with Crippen LogP contribution in [0.3, 0.4) is 0 Å². The van der Waals surface area contributed by atoms with E-state index < -0.39 is 0 Å². The van der Waals surface area contributed by atoms with Crippen LogP contribution in [0.25, 0.3) is 0 Å². The second-order valence-corrected chi connectivity index (χ2v) is 4.15. The van der Waals surface area contributed by atoms with Gasteiger partial charge in [0.15, 0.2) is 0 Å².